The van der Waals surface area contributed by atoms with E-state index in [1.54, 1.807) is 29.6 Å². The van der Waals surface area contributed by atoms with Gasteiger partial charge in [-0.3, -0.25) is 29.4 Å². The number of fused-ring (bicyclic) bond motifs is 4. The number of anilines is 10. The first kappa shape index (κ1) is 54.6. The van der Waals surface area contributed by atoms with Gasteiger partial charge in [-0.1, -0.05) is 72.8 Å². The van der Waals surface area contributed by atoms with E-state index in [0.717, 1.165) is 125 Å². The average Bonchev–Trinajstić information content (AvgIpc) is 3.89. The van der Waals surface area contributed by atoms with Crippen molar-refractivity contribution in [3.63, 3.8) is 0 Å². The van der Waals surface area contributed by atoms with Gasteiger partial charge in [0, 0.05) is 108 Å². The number of piperazine rings is 2. The number of nitrogens with two attached hydrogens (primary N) is 3. The van der Waals surface area contributed by atoms with Crippen LogP contribution in [0.5, 0.6) is 0 Å². The fourth-order valence-corrected chi connectivity index (χ4v) is 12.9. The van der Waals surface area contributed by atoms with E-state index in [0.29, 0.717) is 60.8 Å². The van der Waals surface area contributed by atoms with Crippen LogP contribution in [0, 0.1) is 0 Å². The van der Waals surface area contributed by atoms with Gasteiger partial charge in [-0.05, 0) is 115 Å². The molecule has 0 unspecified atom stereocenters. The van der Waals surface area contributed by atoms with Crippen LogP contribution >= 0.6 is 22.7 Å². The average molecular weight is 1160 g/mol. The molecule has 3 aliphatic rings. The maximum absolute atomic E-state index is 14.6. The molecular formula is C66H61N13O4S2. The summed E-state index contributed by atoms with van der Waals surface area (Å²) in [6, 6.07) is 46.8. The highest BCUT2D eigenvalue weighted by Crippen LogP contribution is 2.49. The molecule has 426 valence electrons. The zero-order chi connectivity index (χ0) is 58.3. The standard InChI is InChI=1S/C44H40N8O3S.C22H21N5OS/c1-49-16-18-50(19-17-49)33-12-9-30-22-34(26-47-36(30)24-33)51(44(54)55)37-14-11-31-21-32(25-48-41(31)40(37)28-7-8-28)43(53)52(38-15-20-56-42(38)46)39-23-29(10-13-35(39)45)27-5-3-2-4-6-27;23-21-20(17-3-1-2-4-19(17)29-21)26-22(28)15-11-14-5-6-16(12-18(14)25-13-15)27-9-7-24-8-10-27/h2-6,9-15,20-26,28H,7-8,16-19,45-46H2,1H3,(H,54,55);1-6,11-13,24H,7-10,23H2,(H,26,28). The Labute approximate surface area is 498 Å². The highest BCUT2D eigenvalue weighted by atomic mass is 32.1. The Balaban J connectivity index is 0.000000194. The van der Waals surface area contributed by atoms with E-state index in [1.165, 1.54) is 33.3 Å². The van der Waals surface area contributed by atoms with Crippen molar-refractivity contribution in [1.82, 2.24) is 25.2 Å². The number of carboxylic acid groups (broad SMARTS) is 1. The number of pyridine rings is 3. The molecular weight excluding hydrogens is 1100 g/mol. The number of nitrogens with zero attached hydrogens (tertiary/aromatic N) is 8. The van der Waals surface area contributed by atoms with Crippen molar-refractivity contribution in [1.29, 1.82) is 0 Å². The van der Waals surface area contributed by atoms with E-state index in [1.807, 2.05) is 121 Å². The molecule has 1 saturated carbocycles. The van der Waals surface area contributed by atoms with Gasteiger partial charge in [0.25, 0.3) is 11.8 Å². The molecule has 2 aliphatic heterocycles. The Kier molecular flexibility index (Phi) is 14.9. The Hall–Kier alpha value is -9.66. The van der Waals surface area contributed by atoms with Crippen LogP contribution in [0.4, 0.5) is 60.3 Å². The normalized spacial score (nSPS) is 14.6. The van der Waals surface area contributed by atoms with E-state index in [2.05, 4.69) is 61.6 Å². The van der Waals surface area contributed by atoms with Gasteiger partial charge in [-0.2, -0.15) is 0 Å². The molecule has 1 aliphatic carbocycles. The van der Waals surface area contributed by atoms with Crippen LogP contribution in [-0.2, 0) is 0 Å². The number of nitrogen functional groups attached to an aromatic ring is 3. The van der Waals surface area contributed by atoms with Gasteiger partial charge < -0.3 is 47.6 Å². The second-order valence-corrected chi connectivity index (χ2v) is 23.7. The van der Waals surface area contributed by atoms with Gasteiger partial charge in [0.15, 0.2) is 0 Å². The first-order valence-electron chi connectivity index (χ1n) is 28.3. The van der Waals surface area contributed by atoms with Crippen LogP contribution < -0.4 is 47.4 Å². The lowest BCUT2D eigenvalue weighted by Gasteiger charge is -2.34. The summed E-state index contributed by atoms with van der Waals surface area (Å²) in [6.07, 6.45) is 5.53. The Morgan fingerprint density at radius 2 is 1.29 bits per heavy atom. The maximum atomic E-state index is 14.6. The maximum Gasteiger partial charge on any atom is 0.416 e. The number of aromatic nitrogens is 3. The number of rotatable bonds is 11. The fraction of sp³-hybridized carbons (Fsp3) is 0.182. The molecule has 3 amide bonds. The lowest BCUT2D eigenvalue weighted by Crippen LogP contribution is -2.44. The number of benzene rings is 6. The van der Waals surface area contributed by atoms with Crippen molar-refractivity contribution in [2.45, 2.75) is 18.8 Å². The Bertz CT molecular complexity index is 4360. The molecule has 9 N–H and O–H groups in total. The van der Waals surface area contributed by atoms with Gasteiger partial charge in [-0.25, -0.2) is 9.69 Å². The molecule has 0 bridgehead atoms. The van der Waals surface area contributed by atoms with Crippen LogP contribution in [-0.4, -0.2) is 102 Å². The third-order valence-electron chi connectivity index (χ3n) is 16.1. The topological polar surface area (TPSA) is 228 Å². The minimum absolute atomic E-state index is 0.131. The number of likely N-dealkylation sites (N-methyl/N-ethyl adjacent to an activating group) is 1. The first-order chi connectivity index (χ1) is 41.4. The van der Waals surface area contributed by atoms with Gasteiger partial charge in [0.05, 0.1) is 68.0 Å². The van der Waals surface area contributed by atoms with E-state index < -0.39 is 6.09 Å². The number of thiophene rings is 2. The summed E-state index contributed by atoms with van der Waals surface area (Å²) in [5.74, 6) is -0.420. The number of carbonyl (C=O) groups excluding carboxylic acids is 2. The zero-order valence-electron chi connectivity index (χ0n) is 46.6. The molecule has 3 fully saturated rings. The summed E-state index contributed by atoms with van der Waals surface area (Å²) in [5.41, 5.74) is 30.5. The lowest BCUT2D eigenvalue weighted by molar-refractivity contribution is 0.0996. The second kappa shape index (κ2) is 23.2. The van der Waals surface area contributed by atoms with Crippen LogP contribution in [0.25, 0.3) is 53.9 Å². The van der Waals surface area contributed by atoms with Crippen molar-refractivity contribution in [3.05, 3.63) is 186 Å². The van der Waals surface area contributed by atoms with E-state index >= 15 is 0 Å². The first-order valence-corrected chi connectivity index (χ1v) is 30.0. The summed E-state index contributed by atoms with van der Waals surface area (Å²) in [5, 5.41) is 23.4. The predicted molar refractivity (Wildman–Crippen MR) is 348 cm³/mol. The Morgan fingerprint density at radius 3 is 2.01 bits per heavy atom. The smallest absolute Gasteiger partial charge is 0.416 e. The monoisotopic (exact) mass is 1160 g/mol. The van der Waals surface area contributed by atoms with E-state index in [9.17, 15) is 19.5 Å². The van der Waals surface area contributed by atoms with Crippen molar-refractivity contribution in [3.8, 4) is 11.1 Å². The molecule has 17 nitrogen and oxygen atoms in total. The number of hydrogen-bond donors (Lipinski definition) is 6. The molecule has 19 heteroatoms. The zero-order valence-corrected chi connectivity index (χ0v) is 48.2. The number of carbonyl (C=O) groups is 3. The molecule has 0 atom stereocenters. The van der Waals surface area contributed by atoms with Crippen molar-refractivity contribution in [2.24, 2.45) is 0 Å². The highest BCUT2D eigenvalue weighted by Gasteiger charge is 2.34. The SMILES string of the molecule is CN1CCN(c2ccc3cc(N(C(=O)O)c4ccc5cc(C(=O)N(c6cc(-c7ccccc7)ccc6N)c6ccsc6N)cnc5c4C4CC4)cnc3c2)CC1.Nc1sc2ccccc2c1NC(=O)c1cnc2cc(N3CCNCC3)ccc2c1. The van der Waals surface area contributed by atoms with Crippen LogP contribution in [0.3, 0.4) is 0 Å². The third kappa shape index (κ3) is 11.1. The fourth-order valence-electron chi connectivity index (χ4n) is 11.4. The van der Waals surface area contributed by atoms with Crippen LogP contribution in [0.1, 0.15) is 45.0 Å². The molecule has 14 rings (SSSR count). The number of amides is 3. The highest BCUT2D eigenvalue weighted by molar-refractivity contribution is 7.23. The summed E-state index contributed by atoms with van der Waals surface area (Å²) < 4.78 is 1.05. The summed E-state index contributed by atoms with van der Waals surface area (Å²) in [7, 11) is 2.13. The second-order valence-electron chi connectivity index (χ2n) is 21.6. The van der Waals surface area contributed by atoms with Crippen molar-refractivity contribution in [2.75, 3.05) is 102 Å². The van der Waals surface area contributed by atoms with E-state index in [-0.39, 0.29) is 17.7 Å². The molecule has 2 saturated heterocycles. The lowest BCUT2D eigenvalue weighted by atomic mass is 10.0. The summed E-state index contributed by atoms with van der Waals surface area (Å²) in [4.78, 5) is 64.6. The van der Waals surface area contributed by atoms with Gasteiger partial charge in [-0.15, -0.1) is 22.7 Å². The van der Waals surface area contributed by atoms with Crippen LogP contribution in [0.15, 0.2) is 170 Å². The summed E-state index contributed by atoms with van der Waals surface area (Å²) >= 11 is 2.81. The molecule has 0 radical (unpaired) electrons. The minimum Gasteiger partial charge on any atom is -0.464 e. The van der Waals surface area contributed by atoms with E-state index in [4.69, 9.17) is 27.2 Å². The quantitative estimate of drug-likeness (QED) is 0.0662. The molecule has 5 aromatic heterocycles. The largest absolute Gasteiger partial charge is 0.464 e. The van der Waals surface area contributed by atoms with Crippen molar-refractivity contribution < 1.29 is 19.5 Å². The molecule has 0 spiro atoms. The van der Waals surface area contributed by atoms with Crippen LogP contribution in [0.2, 0.25) is 0 Å². The molecule has 11 aromatic rings. The molecule has 85 heavy (non-hydrogen) atoms. The van der Waals surface area contributed by atoms with Crippen molar-refractivity contribution >= 4 is 139 Å². The Morgan fingerprint density at radius 1 is 0.624 bits per heavy atom. The molecule has 6 aromatic carbocycles. The van der Waals surface area contributed by atoms with Gasteiger partial charge in [0.2, 0.25) is 0 Å². The summed E-state index contributed by atoms with van der Waals surface area (Å²) in [6.45, 7) is 7.85. The van der Waals surface area contributed by atoms with Gasteiger partial charge >= 0.3 is 6.09 Å². The minimum atomic E-state index is -1.12. The third-order valence-corrected chi connectivity index (χ3v) is 17.8. The number of nitrogens with one attached hydrogen (secondary N) is 2. The number of hydrogen-bond acceptors (Lipinski definition) is 15. The predicted octanol–water partition coefficient (Wildman–Crippen LogP) is 12.8. The molecule has 7 heterocycles. The van der Waals surface area contributed by atoms with Gasteiger partial charge in [0.1, 0.15) is 10.0 Å².